The number of nitrogens with zero attached hydrogens (tertiary/aromatic N) is 1. The van der Waals surface area contributed by atoms with Gasteiger partial charge in [0.05, 0.1) is 20.2 Å². The molecule has 0 aromatic heterocycles. The normalized spacial score (nSPS) is 44.5. The molecule has 4 atom stereocenters. The zero-order chi connectivity index (χ0) is 14.3. The number of alkyl halides is 2. The molecule has 112 valence electrons. The standard InChI is InChI=1S/C14H26I2NO2/c1-17(2,13(15)6-3-4-12(19)9-13)14(16)7-5-11(8-14)10-18/h11-12,18-19H,3-10H2,1-2H3/q+1/t11?,12-,13?,14?/m0/s1. The quantitative estimate of drug-likeness (QED) is 0.274. The minimum Gasteiger partial charge on any atom is -0.396 e. The van der Waals surface area contributed by atoms with Crippen molar-refractivity contribution >= 4 is 45.2 Å². The molecule has 3 unspecified atom stereocenters. The van der Waals surface area contributed by atoms with Crippen molar-refractivity contribution in [3.63, 3.8) is 0 Å². The van der Waals surface area contributed by atoms with Gasteiger partial charge < -0.3 is 14.7 Å². The second kappa shape index (κ2) is 5.85. The Labute approximate surface area is 144 Å². The maximum absolute atomic E-state index is 10.1. The number of hydrogen-bond acceptors (Lipinski definition) is 2. The van der Waals surface area contributed by atoms with E-state index in [0.29, 0.717) is 12.5 Å². The Morgan fingerprint density at radius 1 is 1.11 bits per heavy atom. The molecule has 0 aromatic rings. The second-order valence-electron chi connectivity index (χ2n) is 6.83. The molecule has 2 rings (SSSR count). The van der Waals surface area contributed by atoms with E-state index < -0.39 is 0 Å². The van der Waals surface area contributed by atoms with Gasteiger partial charge in [0.2, 0.25) is 0 Å². The van der Waals surface area contributed by atoms with Gasteiger partial charge in [-0.1, -0.05) is 0 Å². The first-order valence-corrected chi connectivity index (χ1v) is 9.41. The van der Waals surface area contributed by atoms with Crippen LogP contribution >= 0.6 is 45.2 Å². The van der Waals surface area contributed by atoms with Gasteiger partial charge in [-0.25, -0.2) is 0 Å². The molecule has 0 radical (unpaired) electrons. The molecule has 2 aliphatic carbocycles. The van der Waals surface area contributed by atoms with Gasteiger partial charge in [0, 0.05) is 32.3 Å². The van der Waals surface area contributed by atoms with Gasteiger partial charge >= 0.3 is 0 Å². The number of hydrogen-bond donors (Lipinski definition) is 2. The topological polar surface area (TPSA) is 40.5 Å². The zero-order valence-corrected chi connectivity index (χ0v) is 16.2. The number of aliphatic hydroxyl groups is 2. The molecule has 2 fully saturated rings. The van der Waals surface area contributed by atoms with Crippen LogP contribution < -0.4 is 0 Å². The highest BCUT2D eigenvalue weighted by molar-refractivity contribution is 14.1. The molecule has 0 heterocycles. The van der Waals surface area contributed by atoms with E-state index in [2.05, 4.69) is 59.3 Å². The average Bonchev–Trinajstić information content (AvgIpc) is 2.72. The summed E-state index contributed by atoms with van der Waals surface area (Å²) in [5.41, 5.74) is 0. The van der Waals surface area contributed by atoms with Crippen molar-refractivity contribution in [1.82, 2.24) is 0 Å². The molecule has 0 saturated heterocycles. The van der Waals surface area contributed by atoms with E-state index in [1.807, 2.05) is 0 Å². The highest BCUT2D eigenvalue weighted by atomic mass is 127. The van der Waals surface area contributed by atoms with Crippen molar-refractivity contribution in [2.45, 2.75) is 58.1 Å². The van der Waals surface area contributed by atoms with Crippen LogP contribution in [-0.2, 0) is 0 Å². The summed E-state index contributed by atoms with van der Waals surface area (Å²) in [6.45, 7) is 0.321. The summed E-state index contributed by atoms with van der Waals surface area (Å²) in [4.78, 5) is 0. The third-order valence-electron chi connectivity index (χ3n) is 5.44. The lowest BCUT2D eigenvalue weighted by Gasteiger charge is -2.55. The molecular weight excluding hydrogens is 468 g/mol. The molecule has 0 bridgehead atoms. The zero-order valence-electron chi connectivity index (χ0n) is 11.9. The summed E-state index contributed by atoms with van der Waals surface area (Å²) < 4.78 is 1.28. The van der Waals surface area contributed by atoms with Crippen LogP contribution in [-0.4, -0.2) is 48.6 Å². The van der Waals surface area contributed by atoms with E-state index in [0.717, 1.165) is 36.6 Å². The number of quaternary nitrogens is 1. The highest BCUT2D eigenvalue weighted by Crippen LogP contribution is 2.55. The Balaban J connectivity index is 2.21. The molecule has 5 heteroatoms. The molecule has 3 nitrogen and oxygen atoms in total. The van der Waals surface area contributed by atoms with Gasteiger partial charge in [-0.05, 0) is 70.4 Å². The third kappa shape index (κ3) is 2.96. The Kier molecular flexibility index (Phi) is 5.15. The lowest BCUT2D eigenvalue weighted by Crippen LogP contribution is -2.66. The van der Waals surface area contributed by atoms with Crippen molar-refractivity contribution in [3.05, 3.63) is 0 Å². The fourth-order valence-electron chi connectivity index (χ4n) is 3.78. The monoisotopic (exact) mass is 494 g/mol. The van der Waals surface area contributed by atoms with Crippen molar-refractivity contribution in [1.29, 1.82) is 0 Å². The largest absolute Gasteiger partial charge is 0.396 e. The summed E-state index contributed by atoms with van der Waals surface area (Å²) in [6.07, 6.45) is 7.43. The second-order valence-corrected chi connectivity index (χ2v) is 10.8. The lowest BCUT2D eigenvalue weighted by molar-refractivity contribution is -0.950. The molecule has 2 N–H and O–H groups in total. The summed E-state index contributed by atoms with van der Waals surface area (Å²) in [5.74, 6) is 0.461. The van der Waals surface area contributed by atoms with E-state index in [1.54, 1.807) is 0 Å². The molecule has 2 saturated carbocycles. The molecular formula is C14H26I2NO2+. The van der Waals surface area contributed by atoms with Crippen LogP contribution in [0.4, 0.5) is 0 Å². The van der Waals surface area contributed by atoms with Crippen LogP contribution in [0.25, 0.3) is 0 Å². The van der Waals surface area contributed by atoms with Crippen LogP contribution in [0.2, 0.25) is 0 Å². The van der Waals surface area contributed by atoms with E-state index in [9.17, 15) is 10.2 Å². The van der Waals surface area contributed by atoms with Crippen LogP contribution in [0.1, 0.15) is 44.9 Å². The predicted octanol–water partition coefficient (Wildman–Crippen LogP) is 3.05. The van der Waals surface area contributed by atoms with Gasteiger partial charge in [-0.3, -0.25) is 0 Å². The highest BCUT2D eigenvalue weighted by Gasteiger charge is 2.58. The Bertz CT molecular complexity index is 339. The van der Waals surface area contributed by atoms with Gasteiger partial charge in [-0.2, -0.15) is 0 Å². The summed E-state index contributed by atoms with van der Waals surface area (Å²) in [6, 6.07) is 0. The average molecular weight is 494 g/mol. The number of aliphatic hydroxyl groups excluding tert-OH is 2. The fourth-order valence-corrected chi connectivity index (χ4v) is 6.98. The lowest BCUT2D eigenvalue weighted by atomic mass is 9.89. The van der Waals surface area contributed by atoms with Crippen LogP contribution in [0.3, 0.4) is 0 Å². The van der Waals surface area contributed by atoms with Gasteiger partial charge in [-0.15, -0.1) is 0 Å². The minimum atomic E-state index is -0.141. The molecule has 0 aromatic carbocycles. The van der Waals surface area contributed by atoms with Crippen LogP contribution in [0, 0.1) is 5.92 Å². The summed E-state index contributed by atoms with van der Waals surface area (Å²) in [7, 11) is 4.66. The van der Waals surface area contributed by atoms with Gasteiger partial charge in [0.15, 0.2) is 7.09 Å². The molecule has 2 aliphatic rings. The van der Waals surface area contributed by atoms with Crippen LogP contribution in [0.15, 0.2) is 0 Å². The van der Waals surface area contributed by atoms with E-state index >= 15 is 0 Å². The third-order valence-corrected chi connectivity index (χ3v) is 9.82. The van der Waals surface area contributed by atoms with Gasteiger partial charge in [0.1, 0.15) is 0 Å². The van der Waals surface area contributed by atoms with E-state index in [4.69, 9.17) is 0 Å². The first-order chi connectivity index (χ1) is 8.74. The number of halogens is 2. The van der Waals surface area contributed by atoms with Crippen molar-refractivity contribution < 1.29 is 14.7 Å². The number of rotatable bonds is 3. The molecule has 0 aliphatic heterocycles. The summed E-state index contributed by atoms with van der Waals surface area (Å²) in [5, 5.41) is 19.5. The summed E-state index contributed by atoms with van der Waals surface area (Å²) >= 11 is 5.25. The smallest absolute Gasteiger partial charge is 0.152 e. The molecule has 0 amide bonds. The first kappa shape index (κ1) is 16.7. The van der Waals surface area contributed by atoms with Gasteiger partial charge in [0.25, 0.3) is 0 Å². The Morgan fingerprint density at radius 2 is 1.74 bits per heavy atom. The Morgan fingerprint density at radius 3 is 2.26 bits per heavy atom. The minimum absolute atomic E-state index is 0.126. The van der Waals surface area contributed by atoms with E-state index in [1.165, 1.54) is 12.8 Å². The van der Waals surface area contributed by atoms with Crippen molar-refractivity contribution in [2.75, 3.05) is 20.7 Å². The maximum Gasteiger partial charge on any atom is 0.152 e. The first-order valence-electron chi connectivity index (χ1n) is 7.25. The Hall–Kier alpha value is 1.34. The SMILES string of the molecule is C[N+](C)(C1(I)CCC(CO)C1)C1(I)CCC[C@H](O)C1. The van der Waals surface area contributed by atoms with Crippen molar-refractivity contribution in [2.24, 2.45) is 5.92 Å². The van der Waals surface area contributed by atoms with E-state index in [-0.39, 0.29) is 13.2 Å². The molecule has 19 heavy (non-hydrogen) atoms. The molecule has 0 spiro atoms. The van der Waals surface area contributed by atoms with Crippen LogP contribution in [0.5, 0.6) is 0 Å². The van der Waals surface area contributed by atoms with Crippen molar-refractivity contribution in [3.8, 4) is 0 Å². The fraction of sp³-hybridized carbons (Fsp3) is 1.00. The predicted molar refractivity (Wildman–Crippen MR) is 94.5 cm³/mol. The maximum atomic E-state index is 10.1.